The van der Waals surface area contributed by atoms with Gasteiger partial charge in [0.05, 0.1) is 0 Å². The highest BCUT2D eigenvalue weighted by atomic mass is 14.5. The summed E-state index contributed by atoms with van der Waals surface area (Å²) < 4.78 is 0. The predicted octanol–water partition coefficient (Wildman–Crippen LogP) is 3.18. The zero-order chi connectivity index (χ0) is 9.05. The Morgan fingerprint density at radius 1 is 1.38 bits per heavy atom. The number of hydrogen-bond acceptors (Lipinski definition) is 0. The summed E-state index contributed by atoms with van der Waals surface area (Å²) in [6.45, 7) is 6.01. The van der Waals surface area contributed by atoms with Crippen LogP contribution in [0.1, 0.15) is 46.0 Å². The third-order valence-corrected chi connectivity index (χ3v) is 5.06. The molecule has 3 saturated heterocycles. The second kappa shape index (κ2) is 2.58. The van der Waals surface area contributed by atoms with Gasteiger partial charge >= 0.3 is 0 Å². The molecule has 3 aliphatic rings. The molecule has 3 rings (SSSR count). The van der Waals surface area contributed by atoms with E-state index in [1.807, 2.05) is 0 Å². The lowest BCUT2D eigenvalue weighted by molar-refractivity contribution is 0.320. The second-order valence-electron chi connectivity index (χ2n) is 6.34. The van der Waals surface area contributed by atoms with Gasteiger partial charge in [-0.05, 0) is 0 Å². The molecule has 0 amide bonds. The predicted molar refractivity (Wildman–Crippen MR) is 61.3 cm³/mol. The van der Waals surface area contributed by atoms with E-state index in [1.165, 1.54) is 25.6 Å². The normalized spacial score (nSPS) is 46.5. The van der Waals surface area contributed by atoms with Gasteiger partial charge in [0.2, 0.25) is 0 Å². The first-order valence-electron chi connectivity index (χ1n) is 6.21. The Morgan fingerprint density at radius 3 is 2.92 bits per heavy atom. The topological polar surface area (TPSA) is 0 Å². The first-order chi connectivity index (χ1) is 6.21. The van der Waals surface area contributed by atoms with Crippen molar-refractivity contribution in [3.05, 3.63) is 0 Å². The Kier molecular flexibility index (Phi) is 1.68. The van der Waals surface area contributed by atoms with E-state index in [1.54, 1.807) is 32.1 Å². The minimum Gasteiger partial charge on any atom is -0.0739 e. The average molecular weight is 174 g/mol. The summed E-state index contributed by atoms with van der Waals surface area (Å²) in [5, 5.41) is 0.861. The molecule has 3 atom stereocenters. The van der Waals surface area contributed by atoms with Crippen LogP contribution in [0.15, 0.2) is 0 Å². The highest BCUT2D eigenvalue weighted by molar-refractivity contribution is 6.82. The maximum Gasteiger partial charge on any atom is 0.145 e. The van der Waals surface area contributed by atoms with E-state index in [4.69, 9.17) is 0 Å². The highest BCUT2D eigenvalue weighted by Gasteiger charge is 2.65. The molecule has 0 aromatic heterocycles. The molecule has 0 radical (unpaired) electrons. The monoisotopic (exact) mass is 174 g/mol. The van der Waals surface area contributed by atoms with Crippen LogP contribution in [0, 0.1) is 0 Å². The minimum atomic E-state index is 0.861. The summed E-state index contributed by atoms with van der Waals surface area (Å²) in [5.74, 6) is 3.29. The minimum absolute atomic E-state index is 0.861. The molecule has 0 aromatic carbocycles. The maximum atomic E-state index is 2.41. The third kappa shape index (κ3) is 1.01. The van der Waals surface area contributed by atoms with Crippen LogP contribution in [0.3, 0.4) is 0 Å². The molecule has 0 N–H and O–H groups in total. The van der Waals surface area contributed by atoms with Crippen LogP contribution in [0.4, 0.5) is 0 Å². The third-order valence-electron chi connectivity index (χ3n) is 5.06. The maximum absolute atomic E-state index is 2.41. The van der Waals surface area contributed by atoms with Gasteiger partial charge in [0.1, 0.15) is 14.0 Å². The molecular weight excluding hydrogens is 154 g/mol. The molecular formula is C11H20B2. The fraction of sp³-hybridized carbons (Fsp3) is 1.00. The summed E-state index contributed by atoms with van der Waals surface area (Å²) in [5.41, 5.74) is 0. The van der Waals surface area contributed by atoms with Crippen molar-refractivity contribution in [3.8, 4) is 0 Å². The summed E-state index contributed by atoms with van der Waals surface area (Å²) in [7, 11) is 1.53. The molecule has 3 aliphatic heterocycles. The lowest BCUT2D eigenvalue weighted by atomic mass is 8.96. The van der Waals surface area contributed by atoms with Crippen molar-refractivity contribution in [2.45, 2.75) is 68.6 Å². The smallest absolute Gasteiger partial charge is 0.0739 e. The van der Waals surface area contributed by atoms with Gasteiger partial charge in [-0.1, -0.05) is 68.6 Å². The molecule has 0 saturated carbocycles. The van der Waals surface area contributed by atoms with E-state index in [2.05, 4.69) is 13.8 Å². The standard InChI is InChI=1S/C11H20B2/c1-8(2)12-11-5-3-4-9-6-10(7-11)13(9)11/h8-10,12H,3-7H2,1-2H3. The van der Waals surface area contributed by atoms with Gasteiger partial charge in [-0.2, -0.15) is 0 Å². The first kappa shape index (κ1) is 8.44. The van der Waals surface area contributed by atoms with Crippen molar-refractivity contribution in [1.82, 2.24) is 0 Å². The molecule has 0 nitrogen and oxygen atoms in total. The molecule has 0 aliphatic carbocycles. The van der Waals surface area contributed by atoms with E-state index in [0.717, 1.165) is 11.0 Å². The van der Waals surface area contributed by atoms with Gasteiger partial charge in [-0.25, -0.2) is 0 Å². The largest absolute Gasteiger partial charge is 0.145 e. The fourth-order valence-electron chi connectivity index (χ4n) is 5.00. The van der Waals surface area contributed by atoms with Crippen molar-refractivity contribution in [2.75, 3.05) is 0 Å². The molecule has 3 unspecified atom stereocenters. The average Bonchev–Trinajstić information content (AvgIpc) is 1.93. The van der Waals surface area contributed by atoms with Crippen LogP contribution in [0.2, 0.25) is 22.7 Å². The van der Waals surface area contributed by atoms with Gasteiger partial charge in [0.15, 0.2) is 0 Å². The fourth-order valence-corrected chi connectivity index (χ4v) is 5.00. The van der Waals surface area contributed by atoms with E-state index in [0.29, 0.717) is 0 Å². The van der Waals surface area contributed by atoms with Crippen LogP contribution in [0.5, 0.6) is 0 Å². The van der Waals surface area contributed by atoms with Crippen LogP contribution >= 0.6 is 0 Å². The summed E-state index contributed by atoms with van der Waals surface area (Å²) >= 11 is 0. The van der Waals surface area contributed by atoms with E-state index >= 15 is 0 Å². The van der Waals surface area contributed by atoms with Crippen molar-refractivity contribution in [2.24, 2.45) is 0 Å². The molecule has 70 valence electrons. The van der Waals surface area contributed by atoms with Gasteiger partial charge < -0.3 is 0 Å². The van der Waals surface area contributed by atoms with Crippen molar-refractivity contribution >= 4 is 14.0 Å². The van der Waals surface area contributed by atoms with E-state index < -0.39 is 0 Å². The Bertz CT molecular complexity index is 220. The van der Waals surface area contributed by atoms with Crippen LogP contribution < -0.4 is 0 Å². The Labute approximate surface area is 83.2 Å². The summed E-state index contributed by atoms with van der Waals surface area (Å²) in [4.78, 5) is 0. The molecule has 0 bridgehead atoms. The number of rotatable bonds is 2. The zero-order valence-corrected chi connectivity index (χ0v) is 9.05. The SMILES string of the molecule is CC(C)BC12CCCC3CC(C1)B32. The van der Waals surface area contributed by atoms with Gasteiger partial charge in [-0.3, -0.25) is 0 Å². The summed E-state index contributed by atoms with van der Waals surface area (Å²) in [6, 6.07) is 0. The van der Waals surface area contributed by atoms with Gasteiger partial charge in [-0.15, -0.1) is 0 Å². The lowest BCUT2D eigenvalue weighted by Crippen LogP contribution is -2.62. The van der Waals surface area contributed by atoms with Crippen LogP contribution in [-0.4, -0.2) is 14.0 Å². The van der Waals surface area contributed by atoms with Crippen molar-refractivity contribution < 1.29 is 0 Å². The first-order valence-corrected chi connectivity index (χ1v) is 6.21. The van der Waals surface area contributed by atoms with Crippen molar-refractivity contribution in [1.29, 1.82) is 0 Å². The Hall–Kier alpha value is 0.130. The molecule has 2 heteroatoms. The van der Waals surface area contributed by atoms with E-state index in [9.17, 15) is 0 Å². The van der Waals surface area contributed by atoms with Gasteiger partial charge in [0.25, 0.3) is 0 Å². The molecule has 3 heterocycles. The second-order valence-corrected chi connectivity index (χ2v) is 6.34. The summed E-state index contributed by atoms with van der Waals surface area (Å²) in [6.07, 6.45) is 7.89. The van der Waals surface area contributed by atoms with Crippen LogP contribution in [-0.2, 0) is 0 Å². The number of hydrogen-bond donors (Lipinski definition) is 0. The van der Waals surface area contributed by atoms with E-state index in [-0.39, 0.29) is 0 Å². The molecule has 3 fully saturated rings. The van der Waals surface area contributed by atoms with Crippen molar-refractivity contribution in [3.63, 3.8) is 0 Å². The Morgan fingerprint density at radius 2 is 2.23 bits per heavy atom. The quantitative estimate of drug-likeness (QED) is 0.563. The Balaban J connectivity index is 1.76. The molecule has 13 heavy (non-hydrogen) atoms. The van der Waals surface area contributed by atoms with Crippen LogP contribution in [0.25, 0.3) is 0 Å². The van der Waals surface area contributed by atoms with Gasteiger partial charge in [0, 0.05) is 0 Å². The lowest BCUT2D eigenvalue weighted by Gasteiger charge is -2.68. The molecule has 0 spiro atoms. The zero-order valence-electron chi connectivity index (χ0n) is 9.05. The highest BCUT2D eigenvalue weighted by Crippen LogP contribution is 2.73. The molecule has 0 aromatic rings.